The number of benzene rings is 2. The molecule has 2 N–H and O–H groups in total. The Balaban J connectivity index is 1.94. The lowest BCUT2D eigenvalue weighted by molar-refractivity contribution is -0.114. The molecule has 24 heavy (non-hydrogen) atoms. The Hall–Kier alpha value is -2.18. The van der Waals surface area contributed by atoms with Crippen molar-refractivity contribution in [3.8, 4) is 0 Å². The van der Waals surface area contributed by atoms with Gasteiger partial charge in [0.05, 0.1) is 4.90 Å². The third kappa shape index (κ3) is 5.47. The van der Waals surface area contributed by atoms with Gasteiger partial charge in [-0.3, -0.25) is 4.79 Å². The van der Waals surface area contributed by atoms with E-state index in [1.165, 1.54) is 24.6 Å². The number of carbonyl (C=O) groups is 1. The normalized spacial score (nSPS) is 12.6. The van der Waals surface area contributed by atoms with E-state index in [1.807, 2.05) is 37.3 Å². The number of hydrogen-bond donors (Lipinski definition) is 2. The van der Waals surface area contributed by atoms with Crippen LogP contribution in [-0.2, 0) is 21.2 Å². The molecule has 2 aromatic rings. The first-order chi connectivity index (χ1) is 11.4. The summed E-state index contributed by atoms with van der Waals surface area (Å²) in [5.74, 6) is -0.0145. The summed E-state index contributed by atoms with van der Waals surface area (Å²) in [4.78, 5) is 11.2. The van der Waals surface area contributed by atoms with Crippen molar-refractivity contribution >= 4 is 21.6 Å². The van der Waals surface area contributed by atoms with Crippen molar-refractivity contribution in [2.24, 2.45) is 5.92 Å². The Bertz CT molecular complexity index is 772. The first-order valence-corrected chi connectivity index (χ1v) is 9.26. The van der Waals surface area contributed by atoms with Gasteiger partial charge in [-0.25, -0.2) is 13.1 Å². The molecule has 0 radical (unpaired) electrons. The van der Waals surface area contributed by atoms with E-state index in [4.69, 9.17) is 0 Å². The van der Waals surface area contributed by atoms with Crippen LogP contribution in [0.25, 0.3) is 0 Å². The molecule has 0 aliphatic rings. The Kier molecular flexibility index (Phi) is 6.11. The number of anilines is 1. The Morgan fingerprint density at radius 2 is 1.67 bits per heavy atom. The van der Waals surface area contributed by atoms with E-state index >= 15 is 0 Å². The molecule has 0 spiro atoms. The van der Waals surface area contributed by atoms with Crippen LogP contribution in [0.3, 0.4) is 0 Å². The molecule has 2 aromatic carbocycles. The van der Waals surface area contributed by atoms with Crippen LogP contribution < -0.4 is 10.0 Å². The molecule has 0 bridgehead atoms. The van der Waals surface area contributed by atoms with Crippen molar-refractivity contribution in [2.75, 3.05) is 11.9 Å². The lowest BCUT2D eigenvalue weighted by atomic mass is 10.0. The van der Waals surface area contributed by atoms with Gasteiger partial charge in [-0.05, 0) is 42.2 Å². The van der Waals surface area contributed by atoms with Gasteiger partial charge in [0.2, 0.25) is 15.9 Å². The molecule has 0 aliphatic heterocycles. The molecular formula is C18H22N2O3S. The second-order valence-electron chi connectivity index (χ2n) is 5.85. The summed E-state index contributed by atoms with van der Waals surface area (Å²) in [6.07, 6.45) is 0.810. The third-order valence-electron chi connectivity index (χ3n) is 3.53. The standard InChI is InChI=1S/C18H22N2O3S/c1-14(12-16-6-4-3-5-7-16)13-19-24(22,23)18-10-8-17(9-11-18)20-15(2)21/h3-11,14,19H,12-13H2,1-2H3,(H,20,21). The highest BCUT2D eigenvalue weighted by molar-refractivity contribution is 7.89. The van der Waals surface area contributed by atoms with Gasteiger partial charge in [0, 0.05) is 19.2 Å². The fourth-order valence-electron chi connectivity index (χ4n) is 2.34. The van der Waals surface area contributed by atoms with E-state index in [2.05, 4.69) is 10.0 Å². The molecular weight excluding hydrogens is 324 g/mol. The van der Waals surface area contributed by atoms with E-state index in [0.29, 0.717) is 12.2 Å². The maximum atomic E-state index is 12.3. The summed E-state index contributed by atoms with van der Waals surface area (Å²) in [7, 11) is -3.56. The monoisotopic (exact) mass is 346 g/mol. The first kappa shape index (κ1) is 18.2. The third-order valence-corrected chi connectivity index (χ3v) is 4.97. The molecule has 1 amide bonds. The van der Waals surface area contributed by atoms with E-state index < -0.39 is 10.0 Å². The minimum absolute atomic E-state index is 0.181. The van der Waals surface area contributed by atoms with Crippen LogP contribution >= 0.6 is 0 Å². The topological polar surface area (TPSA) is 75.3 Å². The number of sulfonamides is 1. The fourth-order valence-corrected chi connectivity index (χ4v) is 3.51. The summed E-state index contributed by atoms with van der Waals surface area (Å²) < 4.78 is 27.3. The summed E-state index contributed by atoms with van der Waals surface area (Å²) in [6.45, 7) is 3.78. The molecule has 0 aromatic heterocycles. The molecule has 0 aliphatic carbocycles. The van der Waals surface area contributed by atoms with Crippen LogP contribution in [0.2, 0.25) is 0 Å². The van der Waals surface area contributed by atoms with Crippen molar-refractivity contribution in [1.29, 1.82) is 0 Å². The van der Waals surface area contributed by atoms with Gasteiger partial charge >= 0.3 is 0 Å². The van der Waals surface area contributed by atoms with Crippen molar-refractivity contribution in [2.45, 2.75) is 25.2 Å². The summed E-state index contributed by atoms with van der Waals surface area (Å²) in [5, 5.41) is 2.61. The second-order valence-corrected chi connectivity index (χ2v) is 7.62. The van der Waals surface area contributed by atoms with Crippen molar-refractivity contribution < 1.29 is 13.2 Å². The minimum atomic E-state index is -3.56. The van der Waals surface area contributed by atoms with E-state index in [9.17, 15) is 13.2 Å². The molecule has 6 heteroatoms. The first-order valence-electron chi connectivity index (χ1n) is 7.78. The summed E-state index contributed by atoms with van der Waals surface area (Å²) >= 11 is 0. The van der Waals surface area contributed by atoms with Crippen LogP contribution in [0.15, 0.2) is 59.5 Å². The zero-order valence-electron chi connectivity index (χ0n) is 13.8. The highest BCUT2D eigenvalue weighted by Crippen LogP contribution is 2.15. The molecule has 0 heterocycles. The van der Waals surface area contributed by atoms with E-state index in [-0.39, 0.29) is 16.7 Å². The quantitative estimate of drug-likeness (QED) is 0.809. The van der Waals surface area contributed by atoms with Gasteiger partial charge in [0.1, 0.15) is 0 Å². The smallest absolute Gasteiger partial charge is 0.240 e. The molecule has 1 atom stereocenters. The number of nitrogens with one attached hydrogen (secondary N) is 2. The van der Waals surface area contributed by atoms with Crippen LogP contribution in [0.1, 0.15) is 19.4 Å². The molecule has 1 unspecified atom stereocenters. The molecule has 2 rings (SSSR count). The largest absolute Gasteiger partial charge is 0.326 e. The van der Waals surface area contributed by atoms with Crippen LogP contribution in [-0.4, -0.2) is 20.9 Å². The predicted octanol–water partition coefficient (Wildman–Crippen LogP) is 2.80. The highest BCUT2D eigenvalue weighted by atomic mass is 32.2. The van der Waals surface area contributed by atoms with Gasteiger partial charge in [0.15, 0.2) is 0 Å². The van der Waals surface area contributed by atoms with Gasteiger partial charge in [-0.15, -0.1) is 0 Å². The lowest BCUT2D eigenvalue weighted by Crippen LogP contribution is -2.29. The predicted molar refractivity (Wildman–Crippen MR) is 95.2 cm³/mol. The lowest BCUT2D eigenvalue weighted by Gasteiger charge is -2.13. The average Bonchev–Trinajstić information content (AvgIpc) is 2.54. The minimum Gasteiger partial charge on any atom is -0.326 e. The maximum Gasteiger partial charge on any atom is 0.240 e. The molecule has 0 saturated carbocycles. The SMILES string of the molecule is CC(=O)Nc1ccc(S(=O)(=O)NCC(C)Cc2ccccc2)cc1. The van der Waals surface area contributed by atoms with E-state index in [1.54, 1.807) is 12.1 Å². The number of carbonyl (C=O) groups excluding carboxylic acids is 1. The van der Waals surface area contributed by atoms with Crippen LogP contribution in [0.4, 0.5) is 5.69 Å². The van der Waals surface area contributed by atoms with Crippen LogP contribution in [0.5, 0.6) is 0 Å². The summed E-state index contributed by atoms with van der Waals surface area (Å²) in [6, 6.07) is 16.1. The average molecular weight is 346 g/mol. The fraction of sp³-hybridized carbons (Fsp3) is 0.278. The van der Waals surface area contributed by atoms with Crippen molar-refractivity contribution in [3.05, 3.63) is 60.2 Å². The van der Waals surface area contributed by atoms with Gasteiger partial charge in [-0.2, -0.15) is 0 Å². The number of amides is 1. The zero-order valence-corrected chi connectivity index (χ0v) is 14.6. The number of hydrogen-bond acceptors (Lipinski definition) is 3. The number of rotatable bonds is 7. The maximum absolute atomic E-state index is 12.3. The Morgan fingerprint density at radius 3 is 2.25 bits per heavy atom. The molecule has 128 valence electrons. The Labute approximate surface area is 143 Å². The Morgan fingerprint density at radius 1 is 1.04 bits per heavy atom. The van der Waals surface area contributed by atoms with Gasteiger partial charge in [0.25, 0.3) is 0 Å². The second kappa shape index (κ2) is 8.08. The van der Waals surface area contributed by atoms with Gasteiger partial charge in [-0.1, -0.05) is 37.3 Å². The van der Waals surface area contributed by atoms with E-state index in [0.717, 1.165) is 6.42 Å². The molecule has 5 nitrogen and oxygen atoms in total. The molecule has 0 saturated heterocycles. The molecule has 0 fully saturated rings. The highest BCUT2D eigenvalue weighted by Gasteiger charge is 2.15. The van der Waals surface area contributed by atoms with Crippen molar-refractivity contribution in [1.82, 2.24) is 4.72 Å². The summed E-state index contributed by atoms with van der Waals surface area (Å²) in [5.41, 5.74) is 1.75. The zero-order chi connectivity index (χ0) is 17.6. The van der Waals surface area contributed by atoms with Crippen LogP contribution in [0, 0.1) is 5.92 Å². The van der Waals surface area contributed by atoms with Gasteiger partial charge < -0.3 is 5.32 Å². The van der Waals surface area contributed by atoms with Crippen molar-refractivity contribution in [3.63, 3.8) is 0 Å².